The van der Waals surface area contributed by atoms with Crippen LogP contribution in [0.5, 0.6) is 11.8 Å². The van der Waals surface area contributed by atoms with Gasteiger partial charge in [-0.1, -0.05) is 29.8 Å². The molecule has 0 aliphatic rings. The molecule has 0 saturated heterocycles. The van der Waals surface area contributed by atoms with Crippen LogP contribution in [0.4, 0.5) is 4.79 Å². The summed E-state index contributed by atoms with van der Waals surface area (Å²) in [5.74, 6) is -0.717. The maximum absolute atomic E-state index is 11.5. The van der Waals surface area contributed by atoms with E-state index in [1.54, 1.807) is 0 Å². The summed E-state index contributed by atoms with van der Waals surface area (Å²) in [6.07, 6.45) is -0.776. The van der Waals surface area contributed by atoms with E-state index in [2.05, 4.69) is 5.32 Å². The Bertz CT molecular complexity index is 555. The van der Waals surface area contributed by atoms with Crippen LogP contribution < -0.4 is 10.2 Å². The molecule has 0 atom stereocenters. The number of aromatic nitrogens is 1. The fourth-order valence-electron chi connectivity index (χ4n) is 1.49. The Balaban J connectivity index is 1.90. The fourth-order valence-corrected chi connectivity index (χ4v) is 1.49. The highest BCUT2D eigenvalue weighted by Crippen LogP contribution is 2.18. The molecule has 0 aliphatic carbocycles. The van der Waals surface area contributed by atoms with Crippen molar-refractivity contribution in [3.05, 3.63) is 47.5 Å². The lowest BCUT2D eigenvalue weighted by molar-refractivity contribution is 0.108. The molecule has 0 fully saturated rings. The summed E-state index contributed by atoms with van der Waals surface area (Å²) in [6, 6.07) is 10.1. The third-order valence-electron chi connectivity index (χ3n) is 2.53. The van der Waals surface area contributed by atoms with Crippen molar-refractivity contribution in [1.29, 1.82) is 0 Å². The van der Waals surface area contributed by atoms with Crippen molar-refractivity contribution >= 4 is 6.09 Å². The lowest BCUT2D eigenvalue weighted by Gasteiger charge is -2.08. The molecule has 0 aliphatic heterocycles. The van der Waals surface area contributed by atoms with Gasteiger partial charge in [0.15, 0.2) is 0 Å². The number of benzene rings is 1. The van der Waals surface area contributed by atoms with E-state index in [4.69, 9.17) is 4.84 Å². The van der Waals surface area contributed by atoms with Crippen molar-refractivity contribution in [2.45, 2.75) is 13.5 Å². The van der Waals surface area contributed by atoms with Crippen molar-refractivity contribution in [2.75, 3.05) is 0 Å². The number of hydrogen-bond acceptors (Lipinski definition) is 4. The van der Waals surface area contributed by atoms with Crippen molar-refractivity contribution in [2.24, 2.45) is 0 Å². The van der Waals surface area contributed by atoms with E-state index < -0.39 is 6.09 Å². The normalized spacial score (nSPS) is 10.2. The summed E-state index contributed by atoms with van der Waals surface area (Å²) in [7, 11) is 0. The number of aromatic hydroxyl groups is 2. The third kappa shape index (κ3) is 3.19. The maximum Gasteiger partial charge on any atom is 0.432 e. The molecule has 100 valence electrons. The van der Waals surface area contributed by atoms with Crippen molar-refractivity contribution in [3.63, 3.8) is 0 Å². The van der Waals surface area contributed by atoms with E-state index in [1.165, 1.54) is 12.1 Å². The summed E-state index contributed by atoms with van der Waals surface area (Å²) in [5.41, 5.74) is 2.05. The molecule has 0 unspecified atom stereocenters. The number of rotatable bonds is 3. The monoisotopic (exact) mass is 262 g/mol. The number of carbonyl (C=O) groups excluding carboxylic acids is 1. The first-order chi connectivity index (χ1) is 9.06. The Labute approximate surface area is 109 Å². The molecule has 3 N–H and O–H groups in total. The molecule has 0 saturated carbocycles. The van der Waals surface area contributed by atoms with Crippen LogP contribution in [0.3, 0.4) is 0 Å². The topological polar surface area (TPSA) is 83.7 Å². The second-order valence-corrected chi connectivity index (χ2v) is 4.06. The first-order valence-electron chi connectivity index (χ1n) is 5.67. The number of aryl methyl sites for hydroxylation is 1. The number of amides is 1. The van der Waals surface area contributed by atoms with Crippen LogP contribution in [-0.4, -0.2) is 21.0 Å². The number of hydrogen-bond donors (Lipinski definition) is 3. The smallest absolute Gasteiger partial charge is 0.432 e. The molecule has 0 spiro atoms. The standard InChI is InChI=1S/C13H14N2O4/c1-9-2-4-10(5-3-9)8-14-13(18)19-15-11(16)6-7-12(15)17/h2-7,16-17H,8H2,1H3,(H,14,18). The average Bonchev–Trinajstić information content (AvgIpc) is 2.70. The quantitative estimate of drug-likeness (QED) is 0.783. The highest BCUT2D eigenvalue weighted by Gasteiger charge is 2.11. The van der Waals surface area contributed by atoms with Crippen LogP contribution in [0.2, 0.25) is 0 Å². The molecule has 0 bridgehead atoms. The Morgan fingerprint density at radius 2 is 1.74 bits per heavy atom. The molecular formula is C13H14N2O4. The lowest BCUT2D eigenvalue weighted by Crippen LogP contribution is -2.31. The van der Waals surface area contributed by atoms with Crippen LogP contribution in [-0.2, 0) is 6.54 Å². The van der Waals surface area contributed by atoms with Gasteiger partial charge < -0.3 is 20.4 Å². The predicted octanol–water partition coefficient (Wildman–Crippen LogP) is 1.55. The minimum atomic E-state index is -0.776. The van der Waals surface area contributed by atoms with E-state index in [9.17, 15) is 15.0 Å². The second kappa shape index (κ2) is 5.34. The zero-order valence-electron chi connectivity index (χ0n) is 10.3. The summed E-state index contributed by atoms with van der Waals surface area (Å²) in [4.78, 5) is 16.2. The van der Waals surface area contributed by atoms with E-state index >= 15 is 0 Å². The van der Waals surface area contributed by atoms with Gasteiger partial charge >= 0.3 is 6.09 Å². The van der Waals surface area contributed by atoms with Crippen LogP contribution in [0.15, 0.2) is 36.4 Å². The van der Waals surface area contributed by atoms with Gasteiger partial charge in [-0.15, -0.1) is 4.73 Å². The van der Waals surface area contributed by atoms with E-state index in [-0.39, 0.29) is 11.8 Å². The molecule has 6 nitrogen and oxygen atoms in total. The Morgan fingerprint density at radius 1 is 1.16 bits per heavy atom. The molecule has 1 amide bonds. The van der Waals surface area contributed by atoms with Gasteiger partial charge in [0.05, 0.1) is 0 Å². The largest absolute Gasteiger partial charge is 0.492 e. The molecular weight excluding hydrogens is 248 g/mol. The van der Waals surface area contributed by atoms with Crippen molar-refractivity contribution in [1.82, 2.24) is 10.0 Å². The van der Waals surface area contributed by atoms with Gasteiger partial charge in [-0.25, -0.2) is 4.79 Å². The minimum Gasteiger partial charge on any atom is -0.492 e. The summed E-state index contributed by atoms with van der Waals surface area (Å²) >= 11 is 0. The van der Waals surface area contributed by atoms with E-state index in [0.29, 0.717) is 11.3 Å². The van der Waals surface area contributed by atoms with E-state index in [1.807, 2.05) is 31.2 Å². The molecule has 2 aromatic rings. The van der Waals surface area contributed by atoms with Crippen molar-refractivity contribution < 1.29 is 19.8 Å². The SMILES string of the molecule is Cc1ccc(CNC(=O)On2c(O)ccc2O)cc1. The molecule has 19 heavy (non-hydrogen) atoms. The Morgan fingerprint density at radius 3 is 2.32 bits per heavy atom. The third-order valence-corrected chi connectivity index (χ3v) is 2.53. The Kier molecular flexibility index (Phi) is 3.61. The Hall–Kier alpha value is -2.63. The zero-order valence-corrected chi connectivity index (χ0v) is 10.3. The van der Waals surface area contributed by atoms with Crippen LogP contribution in [0.1, 0.15) is 11.1 Å². The first-order valence-corrected chi connectivity index (χ1v) is 5.67. The van der Waals surface area contributed by atoms with Gasteiger partial charge in [-0.2, -0.15) is 0 Å². The molecule has 0 radical (unpaired) electrons. The minimum absolute atomic E-state index is 0.294. The number of nitrogens with one attached hydrogen (secondary N) is 1. The number of carbonyl (C=O) groups is 1. The number of nitrogens with zero attached hydrogens (tertiary/aromatic N) is 1. The molecule has 1 aromatic carbocycles. The van der Waals surface area contributed by atoms with Crippen LogP contribution >= 0.6 is 0 Å². The van der Waals surface area contributed by atoms with Crippen LogP contribution in [0, 0.1) is 6.92 Å². The lowest BCUT2D eigenvalue weighted by atomic mass is 10.1. The second-order valence-electron chi connectivity index (χ2n) is 4.06. The van der Waals surface area contributed by atoms with Gasteiger partial charge in [0.25, 0.3) is 0 Å². The van der Waals surface area contributed by atoms with Crippen LogP contribution in [0.25, 0.3) is 0 Å². The molecule has 6 heteroatoms. The fraction of sp³-hybridized carbons (Fsp3) is 0.154. The predicted molar refractivity (Wildman–Crippen MR) is 67.8 cm³/mol. The summed E-state index contributed by atoms with van der Waals surface area (Å²) in [5, 5.41) is 21.1. The summed E-state index contributed by atoms with van der Waals surface area (Å²) < 4.78 is 0.629. The average molecular weight is 262 g/mol. The van der Waals surface area contributed by atoms with Gasteiger partial charge in [0, 0.05) is 18.7 Å². The maximum atomic E-state index is 11.5. The van der Waals surface area contributed by atoms with Gasteiger partial charge in [-0.05, 0) is 12.5 Å². The first kappa shape index (κ1) is 12.8. The molecule has 1 heterocycles. The van der Waals surface area contributed by atoms with E-state index in [0.717, 1.165) is 11.1 Å². The molecule has 1 aromatic heterocycles. The highest BCUT2D eigenvalue weighted by atomic mass is 16.7. The zero-order chi connectivity index (χ0) is 13.8. The molecule has 2 rings (SSSR count). The van der Waals surface area contributed by atoms with Gasteiger partial charge in [-0.3, -0.25) is 0 Å². The summed E-state index contributed by atoms with van der Waals surface area (Å²) in [6.45, 7) is 2.27. The van der Waals surface area contributed by atoms with Gasteiger partial charge in [0.1, 0.15) is 0 Å². The van der Waals surface area contributed by atoms with Gasteiger partial charge in [0.2, 0.25) is 11.8 Å². The van der Waals surface area contributed by atoms with Crippen molar-refractivity contribution in [3.8, 4) is 11.8 Å². The highest BCUT2D eigenvalue weighted by molar-refractivity contribution is 5.67.